The first kappa shape index (κ1) is 26.8. The van der Waals surface area contributed by atoms with Gasteiger partial charge in [-0.1, -0.05) is 22.9 Å². The lowest BCUT2D eigenvalue weighted by Gasteiger charge is -2.39. The summed E-state index contributed by atoms with van der Waals surface area (Å²) in [4.78, 5) is 28.9. The SMILES string of the molecule is CN1CCCC1COc1nc(NC2CN(C(=O)CN)C2)c2cc(Cl)c(-c3ccc(F)c4sc(N)nc34)c(F)c2n1. The van der Waals surface area contributed by atoms with E-state index in [2.05, 4.69) is 25.2 Å². The molecule has 0 bridgehead atoms. The summed E-state index contributed by atoms with van der Waals surface area (Å²) in [6.45, 7) is 2.11. The number of halogens is 3. The van der Waals surface area contributed by atoms with Gasteiger partial charge in [-0.25, -0.2) is 13.8 Å². The Morgan fingerprint density at radius 1 is 1.25 bits per heavy atom. The maximum Gasteiger partial charge on any atom is 0.319 e. The van der Waals surface area contributed by atoms with E-state index in [0.717, 1.165) is 30.7 Å². The van der Waals surface area contributed by atoms with Gasteiger partial charge in [0.25, 0.3) is 0 Å². The lowest BCUT2D eigenvalue weighted by molar-refractivity contribution is -0.133. The van der Waals surface area contributed by atoms with Crippen molar-refractivity contribution >= 4 is 60.9 Å². The fourth-order valence-electron chi connectivity index (χ4n) is 5.25. The number of nitrogens with zero attached hydrogens (tertiary/aromatic N) is 5. The van der Waals surface area contributed by atoms with Gasteiger partial charge in [-0.05, 0) is 44.6 Å². The molecule has 1 amide bonds. The van der Waals surface area contributed by atoms with Crippen molar-refractivity contribution < 1.29 is 18.3 Å². The summed E-state index contributed by atoms with van der Waals surface area (Å²) < 4.78 is 37.0. The third-order valence-corrected chi connectivity index (χ3v) is 8.66. The fraction of sp³-hybridized carbons (Fsp3) is 0.385. The molecule has 40 heavy (non-hydrogen) atoms. The molecule has 0 saturated carbocycles. The van der Waals surface area contributed by atoms with Crippen molar-refractivity contribution in [3.63, 3.8) is 0 Å². The molecule has 10 nitrogen and oxygen atoms in total. The number of ether oxygens (including phenoxy) is 1. The highest BCUT2D eigenvalue weighted by Gasteiger charge is 2.31. The third-order valence-electron chi connectivity index (χ3n) is 7.47. The number of carbonyl (C=O) groups excluding carboxylic acids is 1. The molecule has 2 aromatic carbocycles. The molecule has 2 aliphatic rings. The molecule has 1 atom stereocenters. The smallest absolute Gasteiger partial charge is 0.319 e. The van der Waals surface area contributed by atoms with E-state index in [-0.39, 0.29) is 62.0 Å². The van der Waals surface area contributed by atoms with Crippen LogP contribution in [0.25, 0.3) is 32.2 Å². The maximum atomic E-state index is 16.4. The minimum Gasteiger partial charge on any atom is -0.462 e. The molecule has 2 aromatic heterocycles. The Labute approximate surface area is 237 Å². The molecule has 0 radical (unpaired) electrons. The summed E-state index contributed by atoms with van der Waals surface area (Å²) >= 11 is 7.63. The van der Waals surface area contributed by atoms with Gasteiger partial charge in [0.2, 0.25) is 5.91 Å². The minimum atomic E-state index is -0.719. The number of hydrogen-bond donors (Lipinski definition) is 3. The fourth-order valence-corrected chi connectivity index (χ4v) is 6.30. The molecular weight excluding hydrogens is 562 g/mol. The molecule has 2 saturated heterocycles. The Hall–Kier alpha value is -3.39. The van der Waals surface area contributed by atoms with E-state index in [1.165, 1.54) is 12.1 Å². The average Bonchev–Trinajstić information content (AvgIpc) is 3.51. The first-order valence-electron chi connectivity index (χ1n) is 12.9. The van der Waals surface area contributed by atoms with Gasteiger partial charge in [0, 0.05) is 35.6 Å². The van der Waals surface area contributed by atoms with E-state index in [4.69, 9.17) is 27.8 Å². The molecular formula is C26H27ClF2N8O2S. The zero-order valence-electron chi connectivity index (χ0n) is 21.6. The molecule has 6 rings (SSSR count). The van der Waals surface area contributed by atoms with Crippen molar-refractivity contribution in [1.82, 2.24) is 24.8 Å². The Morgan fingerprint density at radius 2 is 2.05 bits per heavy atom. The van der Waals surface area contributed by atoms with Gasteiger partial charge in [-0.15, -0.1) is 0 Å². The summed E-state index contributed by atoms with van der Waals surface area (Å²) in [7, 11) is 2.03. The Kier molecular flexibility index (Phi) is 7.07. The number of likely N-dealkylation sites (tertiary alicyclic amines) is 2. The predicted octanol–water partition coefficient (Wildman–Crippen LogP) is 3.47. The van der Waals surface area contributed by atoms with Crippen LogP contribution < -0.4 is 21.5 Å². The number of benzene rings is 2. The van der Waals surface area contributed by atoms with Crippen molar-refractivity contribution in [2.24, 2.45) is 5.73 Å². The molecule has 1 unspecified atom stereocenters. The van der Waals surface area contributed by atoms with E-state index >= 15 is 4.39 Å². The van der Waals surface area contributed by atoms with Crippen molar-refractivity contribution in [3.8, 4) is 17.1 Å². The molecule has 14 heteroatoms. The van der Waals surface area contributed by atoms with E-state index in [1.807, 2.05) is 7.05 Å². The number of nitrogens with two attached hydrogens (primary N) is 2. The Balaban J connectivity index is 1.43. The number of nitrogen functional groups attached to an aromatic ring is 1. The van der Waals surface area contributed by atoms with Crippen LogP contribution in [0.15, 0.2) is 18.2 Å². The van der Waals surface area contributed by atoms with E-state index < -0.39 is 11.6 Å². The van der Waals surface area contributed by atoms with Crippen LogP contribution in [-0.2, 0) is 4.79 Å². The van der Waals surface area contributed by atoms with Crippen LogP contribution in [-0.4, -0.2) is 82.6 Å². The van der Waals surface area contributed by atoms with Gasteiger partial charge in [-0.3, -0.25) is 4.79 Å². The average molecular weight is 589 g/mol. The third kappa shape index (κ3) is 4.76. The quantitative estimate of drug-likeness (QED) is 0.296. The summed E-state index contributed by atoms with van der Waals surface area (Å²) in [6, 6.07) is 4.32. The molecule has 0 aliphatic carbocycles. The van der Waals surface area contributed by atoms with Crippen LogP contribution in [0.3, 0.4) is 0 Å². The Morgan fingerprint density at radius 3 is 2.77 bits per heavy atom. The van der Waals surface area contributed by atoms with Crippen LogP contribution in [0.4, 0.5) is 19.7 Å². The van der Waals surface area contributed by atoms with Gasteiger partial charge in [-0.2, -0.15) is 9.97 Å². The van der Waals surface area contributed by atoms with Gasteiger partial charge in [0.05, 0.1) is 27.8 Å². The zero-order valence-corrected chi connectivity index (χ0v) is 23.2. The number of nitrogens with one attached hydrogen (secondary N) is 1. The Bertz CT molecular complexity index is 1630. The lowest BCUT2D eigenvalue weighted by Crippen LogP contribution is -2.58. The number of carbonyl (C=O) groups is 1. The zero-order chi connectivity index (χ0) is 28.1. The normalized spacial score (nSPS) is 18.0. The van der Waals surface area contributed by atoms with Crippen LogP contribution in [0.1, 0.15) is 12.8 Å². The monoisotopic (exact) mass is 588 g/mol. The van der Waals surface area contributed by atoms with Crippen molar-refractivity contribution in [2.45, 2.75) is 24.9 Å². The van der Waals surface area contributed by atoms with Crippen LogP contribution in [0.5, 0.6) is 6.01 Å². The first-order valence-corrected chi connectivity index (χ1v) is 14.0. The predicted molar refractivity (Wildman–Crippen MR) is 152 cm³/mol. The molecule has 210 valence electrons. The molecule has 5 N–H and O–H groups in total. The molecule has 2 fully saturated rings. The number of thiazole rings is 1. The van der Waals surface area contributed by atoms with Crippen molar-refractivity contribution in [3.05, 3.63) is 34.9 Å². The largest absolute Gasteiger partial charge is 0.462 e. The summed E-state index contributed by atoms with van der Waals surface area (Å²) in [5.41, 5.74) is 11.8. The van der Waals surface area contributed by atoms with Crippen molar-refractivity contribution in [2.75, 3.05) is 50.9 Å². The second-order valence-corrected chi connectivity index (χ2v) is 11.5. The number of likely N-dealkylation sites (N-methyl/N-ethyl adjacent to an activating group) is 1. The maximum absolute atomic E-state index is 16.4. The summed E-state index contributed by atoms with van der Waals surface area (Å²) in [6.07, 6.45) is 2.05. The highest BCUT2D eigenvalue weighted by atomic mass is 35.5. The van der Waals surface area contributed by atoms with Crippen LogP contribution >= 0.6 is 22.9 Å². The van der Waals surface area contributed by atoms with Gasteiger partial charge in [0.1, 0.15) is 23.8 Å². The van der Waals surface area contributed by atoms with Gasteiger partial charge in [0.15, 0.2) is 10.9 Å². The van der Waals surface area contributed by atoms with E-state index in [9.17, 15) is 9.18 Å². The van der Waals surface area contributed by atoms with Gasteiger partial charge < -0.3 is 31.3 Å². The van der Waals surface area contributed by atoms with Crippen LogP contribution in [0, 0.1) is 11.6 Å². The minimum absolute atomic E-state index is 0.0124. The van der Waals surface area contributed by atoms with E-state index in [0.29, 0.717) is 36.5 Å². The highest BCUT2D eigenvalue weighted by Crippen LogP contribution is 2.42. The second-order valence-electron chi connectivity index (χ2n) is 10.1. The standard InChI is InChI=1S/C26H27ClF2N8O2S/c1-36-6-2-3-13(36)11-39-26-34-21-15(24(35-26)32-12-9-37(10-12)18(38)8-30)7-16(27)19(20(21)29)14-4-5-17(28)23-22(14)33-25(31)40-23/h4-5,7,12-13H,2-3,6,8-11,30H2,1H3,(H2,31,33)(H,32,34,35). The first-order chi connectivity index (χ1) is 19.2. The number of hydrogen-bond acceptors (Lipinski definition) is 10. The lowest BCUT2D eigenvalue weighted by atomic mass is 10.0. The number of anilines is 2. The van der Waals surface area contributed by atoms with Crippen molar-refractivity contribution in [1.29, 1.82) is 0 Å². The molecule has 4 aromatic rings. The summed E-state index contributed by atoms with van der Waals surface area (Å²) in [5, 5.41) is 3.86. The number of amides is 1. The molecule has 2 aliphatic heterocycles. The van der Waals surface area contributed by atoms with Crippen LogP contribution in [0.2, 0.25) is 5.02 Å². The summed E-state index contributed by atoms with van der Waals surface area (Å²) in [5.74, 6) is -1.04. The topological polar surface area (TPSA) is 136 Å². The second kappa shape index (κ2) is 10.5. The number of rotatable bonds is 7. The van der Waals surface area contributed by atoms with Gasteiger partial charge >= 0.3 is 6.01 Å². The number of fused-ring (bicyclic) bond motifs is 2. The van der Waals surface area contributed by atoms with E-state index in [1.54, 1.807) is 11.0 Å². The number of aromatic nitrogens is 3. The molecule has 0 spiro atoms. The highest BCUT2D eigenvalue weighted by molar-refractivity contribution is 7.22. The molecule has 4 heterocycles.